The van der Waals surface area contributed by atoms with Gasteiger partial charge in [-0.1, -0.05) is 12.2 Å². The van der Waals surface area contributed by atoms with Crippen LogP contribution >= 0.6 is 0 Å². The van der Waals surface area contributed by atoms with E-state index in [9.17, 15) is 55.3 Å². The average Bonchev–Trinajstić information content (AvgIpc) is 3.40. The summed E-state index contributed by atoms with van der Waals surface area (Å²) in [5.41, 5.74) is -0.296. The summed E-state index contributed by atoms with van der Waals surface area (Å²) >= 11 is 0. The Morgan fingerprint density at radius 3 is 1.67 bits per heavy atom. The van der Waals surface area contributed by atoms with Crippen LogP contribution in [0.2, 0.25) is 0 Å². The van der Waals surface area contributed by atoms with E-state index in [1.807, 2.05) is 0 Å². The van der Waals surface area contributed by atoms with Crippen molar-refractivity contribution in [3.05, 3.63) is 87.9 Å². The number of carboxylic acids is 2. The third-order valence-corrected chi connectivity index (χ3v) is 7.39. The van der Waals surface area contributed by atoms with Crippen LogP contribution < -0.4 is 232 Å². The first kappa shape index (κ1) is 46.7. The van der Waals surface area contributed by atoms with Crippen LogP contribution in [0.15, 0.2) is 80.8 Å². The maximum atomic E-state index is 12.9. The molecule has 1 fully saturated rings. The predicted molar refractivity (Wildman–Crippen MR) is 130 cm³/mol. The Balaban J connectivity index is 0.00000484. The zero-order chi connectivity index (χ0) is 30.3. The quantitative estimate of drug-likeness (QED) is 0.123. The zero-order valence-electron chi connectivity index (χ0n) is 24.0. The molecule has 4 rings (SSSR count). The molecule has 0 spiro atoms. The summed E-state index contributed by atoms with van der Waals surface area (Å²) in [6.07, 6.45) is 2.92. The number of carboxylic acid groups (broad SMARTS) is 2. The minimum atomic E-state index is -4.78. The third kappa shape index (κ3) is 11.3. The summed E-state index contributed by atoms with van der Waals surface area (Å²) < 4.78 is 67.5. The molecule has 1 aliphatic rings. The molecule has 45 heavy (non-hydrogen) atoms. The van der Waals surface area contributed by atoms with E-state index in [4.69, 9.17) is 0 Å². The van der Waals surface area contributed by atoms with Gasteiger partial charge in [-0.2, -0.15) is 0 Å². The standard InChI is InChI=1S/C23H18N4O12S2.4K/c28-20-16(18(22(30)31)24-26(20)12-4-8-14(9-5-12)40(34,35)36)2-1-3-17-19(23(32)33)25-27(21(17)29)13-6-10-15(11-7-13)41(37,38)39;;;;/h1-11,18,24-25H,(H,30,31)(H,32,33)(H,34,35,36)(H,37,38,39);;;;/q;4*+1/p-4. The van der Waals surface area contributed by atoms with Crippen LogP contribution in [0, 0.1) is 0 Å². The molecule has 1 saturated heterocycles. The Kier molecular flexibility index (Phi) is 20.0. The number of anilines is 1. The van der Waals surface area contributed by atoms with Crippen LogP contribution in [0.1, 0.15) is 16.1 Å². The number of nitrogens with one attached hydrogen (secondary N) is 2. The van der Waals surface area contributed by atoms with Crippen molar-refractivity contribution < 1.29 is 256 Å². The fraction of sp³-hybridized carbons (Fsp3) is 0.0435. The van der Waals surface area contributed by atoms with Crippen molar-refractivity contribution in [1.29, 1.82) is 0 Å². The van der Waals surface area contributed by atoms with Gasteiger partial charge in [-0.3, -0.25) is 14.7 Å². The van der Waals surface area contributed by atoms with Gasteiger partial charge in [-0.05, 0) is 54.6 Å². The number of H-pyrrole nitrogens is 1. The van der Waals surface area contributed by atoms with Crippen molar-refractivity contribution >= 4 is 49.8 Å². The fourth-order valence-electron chi connectivity index (χ4n) is 3.76. The number of aromatic nitrogens is 2. The Bertz CT molecular complexity index is 1920. The van der Waals surface area contributed by atoms with Gasteiger partial charge in [0.1, 0.15) is 20.2 Å². The number of carbonyl (C=O) groups is 3. The van der Waals surface area contributed by atoms with Crippen LogP contribution in [0.3, 0.4) is 0 Å². The van der Waals surface area contributed by atoms with E-state index in [2.05, 4.69) is 10.5 Å². The van der Waals surface area contributed by atoms with E-state index in [1.165, 1.54) is 0 Å². The van der Waals surface area contributed by atoms with Gasteiger partial charge < -0.3 is 28.9 Å². The molecule has 2 heterocycles. The van der Waals surface area contributed by atoms with Gasteiger partial charge in [0.2, 0.25) is 0 Å². The molecular formula is C23H14K4N4O12S2. The van der Waals surface area contributed by atoms with E-state index in [0.717, 1.165) is 76.4 Å². The van der Waals surface area contributed by atoms with E-state index < -0.39 is 76.3 Å². The van der Waals surface area contributed by atoms with Gasteiger partial charge in [0.15, 0.2) is 0 Å². The first-order chi connectivity index (χ1) is 19.1. The first-order valence-corrected chi connectivity index (χ1v) is 13.8. The van der Waals surface area contributed by atoms with E-state index >= 15 is 0 Å². The number of aromatic carboxylic acids is 1. The minimum Gasteiger partial charge on any atom is -0.744 e. The van der Waals surface area contributed by atoms with Crippen molar-refractivity contribution in [3.8, 4) is 5.69 Å². The summed E-state index contributed by atoms with van der Waals surface area (Å²) in [5, 5.41) is 26.3. The largest absolute Gasteiger partial charge is 1.00 e. The number of hydrazine groups is 1. The maximum Gasteiger partial charge on any atom is 1.00 e. The van der Waals surface area contributed by atoms with Crippen molar-refractivity contribution in [2.24, 2.45) is 0 Å². The molecule has 0 saturated carbocycles. The number of carbonyl (C=O) groups excluding carboxylic acids is 3. The zero-order valence-corrected chi connectivity index (χ0v) is 38.2. The molecule has 2 aromatic carbocycles. The summed E-state index contributed by atoms with van der Waals surface area (Å²) in [7, 11) is -9.56. The molecule has 1 unspecified atom stereocenters. The average molecular weight is 759 g/mol. The van der Waals surface area contributed by atoms with Crippen LogP contribution in [-0.2, 0) is 29.8 Å². The monoisotopic (exact) mass is 758 g/mol. The molecule has 2 N–H and O–H groups in total. The fourth-order valence-corrected chi connectivity index (χ4v) is 4.70. The Hall–Kier alpha value is 1.67. The summed E-state index contributed by atoms with van der Waals surface area (Å²) in [5.74, 6) is -4.48. The molecule has 22 heteroatoms. The predicted octanol–water partition coefficient (Wildman–Crippen LogP) is -15.0. The normalized spacial score (nSPS) is 15.5. The third-order valence-electron chi connectivity index (χ3n) is 5.69. The molecule has 1 amide bonds. The van der Waals surface area contributed by atoms with Crippen molar-refractivity contribution in [2.75, 3.05) is 5.01 Å². The number of nitrogens with zero attached hydrogens (tertiary/aromatic N) is 2. The molecule has 16 nitrogen and oxygen atoms in total. The van der Waals surface area contributed by atoms with Gasteiger partial charge >= 0.3 is 206 Å². The molecule has 214 valence electrons. The van der Waals surface area contributed by atoms with Crippen molar-refractivity contribution in [1.82, 2.24) is 15.2 Å². The number of allylic oxidation sites excluding steroid dienone is 2. The Labute approximate surface area is 425 Å². The molecule has 1 aliphatic heterocycles. The Morgan fingerprint density at radius 1 is 0.778 bits per heavy atom. The molecule has 3 aromatic rings. The summed E-state index contributed by atoms with van der Waals surface area (Å²) in [4.78, 5) is 47.9. The number of hydrogen-bond acceptors (Lipinski definition) is 13. The number of hydrogen-bond donors (Lipinski definition) is 2. The topological polar surface area (TPSA) is 265 Å². The first-order valence-electron chi connectivity index (χ1n) is 11.0. The van der Waals surface area contributed by atoms with Gasteiger partial charge in [0, 0.05) is 5.57 Å². The van der Waals surface area contributed by atoms with Gasteiger partial charge in [-0.25, -0.2) is 32.0 Å². The molecule has 1 aromatic heterocycles. The SMILES string of the molecule is O=C([O-])c1[nH]n(-c2ccc(S(=O)(=O)[O-])cc2)c(=O)c1C=CC=C1C(=O)N(c2ccc(S(=O)(=O)[O-])cc2)NC1C(=O)[O-].[K+].[K+].[K+].[K+]. The molecule has 0 radical (unpaired) electrons. The van der Waals surface area contributed by atoms with Gasteiger partial charge in [-0.15, -0.1) is 0 Å². The second kappa shape index (κ2) is 19.3. The van der Waals surface area contributed by atoms with Gasteiger partial charge in [0.25, 0.3) is 11.5 Å². The minimum absolute atomic E-state index is 0. The maximum absolute atomic E-state index is 12.9. The summed E-state index contributed by atoms with van der Waals surface area (Å²) in [6, 6.07) is 6.21. The number of aliphatic carboxylic acids is 1. The van der Waals surface area contributed by atoms with Crippen LogP contribution in [-0.4, -0.2) is 59.6 Å². The van der Waals surface area contributed by atoms with E-state index in [0.29, 0.717) is 0 Å². The number of aromatic amines is 1. The Morgan fingerprint density at radius 2 is 1.24 bits per heavy atom. The number of rotatable bonds is 8. The second-order valence-corrected chi connectivity index (χ2v) is 11.0. The van der Waals surface area contributed by atoms with Crippen LogP contribution in [0.25, 0.3) is 11.8 Å². The van der Waals surface area contributed by atoms with Crippen molar-refractivity contribution in [2.45, 2.75) is 15.8 Å². The smallest absolute Gasteiger partial charge is 0.744 e. The molecular weight excluding hydrogens is 745 g/mol. The van der Waals surface area contributed by atoms with Crippen LogP contribution in [0.4, 0.5) is 5.69 Å². The van der Waals surface area contributed by atoms with Crippen LogP contribution in [0.5, 0.6) is 0 Å². The summed E-state index contributed by atoms with van der Waals surface area (Å²) in [6.45, 7) is 0. The van der Waals surface area contributed by atoms with Gasteiger partial charge in [0.05, 0.1) is 50.4 Å². The second-order valence-electron chi connectivity index (χ2n) is 8.23. The van der Waals surface area contributed by atoms with Crippen molar-refractivity contribution in [3.63, 3.8) is 0 Å². The molecule has 1 atom stereocenters. The van der Waals surface area contributed by atoms with E-state index in [-0.39, 0.29) is 217 Å². The molecule has 0 bridgehead atoms. The number of amides is 1. The van der Waals surface area contributed by atoms with E-state index in [1.54, 1.807) is 0 Å². The number of benzene rings is 2. The molecule has 0 aliphatic carbocycles.